The lowest BCUT2D eigenvalue weighted by Crippen LogP contribution is -2.30. The van der Waals surface area contributed by atoms with Gasteiger partial charge in [0.05, 0.1) is 6.33 Å². The standard InChI is InChI=1S/C13H17N.C9H8N6O2/c1-9-4-3-5-12(6-9)14-8-11-7-13(11)10(14)2;1-14-4-11-8-7(14)9(16)15(5-12-8)2-6-10-3-13-17-6/h3-6,10-11,13H,7-8H2,1-2H3;3-5H,2H2,1H3/t10?,11-,13+;/m0./s1. The fraction of sp³-hybridized carbons (Fsp3) is 0.409. The molecule has 3 aromatic heterocycles. The molecule has 1 saturated heterocycles. The zero-order valence-corrected chi connectivity index (χ0v) is 17.8. The molecule has 0 amide bonds. The maximum atomic E-state index is 12.1. The van der Waals surface area contributed by atoms with E-state index in [1.165, 1.54) is 41.4 Å². The molecule has 9 nitrogen and oxygen atoms in total. The summed E-state index contributed by atoms with van der Waals surface area (Å²) in [5, 5.41) is 3.48. The third-order valence-corrected chi connectivity index (χ3v) is 6.27. The highest BCUT2D eigenvalue weighted by molar-refractivity contribution is 5.68. The van der Waals surface area contributed by atoms with E-state index in [2.05, 4.69) is 63.1 Å². The number of hydrogen-bond acceptors (Lipinski definition) is 7. The van der Waals surface area contributed by atoms with Crippen LogP contribution in [0.3, 0.4) is 0 Å². The Kier molecular flexibility index (Phi) is 4.80. The molecule has 1 unspecified atom stereocenters. The summed E-state index contributed by atoms with van der Waals surface area (Å²) in [6, 6.07) is 9.66. The van der Waals surface area contributed by atoms with Gasteiger partial charge < -0.3 is 14.0 Å². The molecule has 4 aromatic rings. The van der Waals surface area contributed by atoms with Crippen LogP contribution in [0.25, 0.3) is 11.2 Å². The number of fused-ring (bicyclic) bond motifs is 2. The van der Waals surface area contributed by atoms with E-state index in [0.29, 0.717) is 17.1 Å². The van der Waals surface area contributed by atoms with Crippen LogP contribution in [-0.2, 0) is 13.6 Å². The SMILES string of the molecule is Cc1cccc(N2C[C@@H]3C[C@@H]3C2C)c1.Cn1cnc2ncn(Cc3ncno3)c(=O)c21. The first-order valence-corrected chi connectivity index (χ1v) is 10.5. The van der Waals surface area contributed by atoms with Gasteiger partial charge in [-0.15, -0.1) is 0 Å². The Morgan fingerprint density at radius 1 is 1.19 bits per heavy atom. The van der Waals surface area contributed by atoms with Crippen molar-refractivity contribution in [3.8, 4) is 0 Å². The average molecular weight is 419 g/mol. The van der Waals surface area contributed by atoms with E-state index < -0.39 is 0 Å². The number of nitrogens with zero attached hydrogens (tertiary/aromatic N) is 7. The molecule has 1 aromatic carbocycles. The summed E-state index contributed by atoms with van der Waals surface area (Å²) in [5.41, 5.74) is 3.49. The minimum atomic E-state index is -0.187. The summed E-state index contributed by atoms with van der Waals surface area (Å²) < 4.78 is 7.88. The van der Waals surface area contributed by atoms with Gasteiger partial charge in [0.25, 0.3) is 5.56 Å². The normalized spacial score (nSPS) is 21.6. The fourth-order valence-electron chi connectivity index (χ4n) is 4.46. The summed E-state index contributed by atoms with van der Waals surface area (Å²) in [6.45, 7) is 6.03. The van der Waals surface area contributed by atoms with Gasteiger partial charge in [-0.1, -0.05) is 17.3 Å². The van der Waals surface area contributed by atoms with Gasteiger partial charge in [-0.05, 0) is 49.8 Å². The van der Waals surface area contributed by atoms with Crippen LogP contribution in [-0.4, -0.2) is 41.8 Å². The summed E-state index contributed by atoms with van der Waals surface area (Å²) in [7, 11) is 1.75. The average Bonchev–Trinajstić information content (AvgIpc) is 3.04. The predicted octanol–water partition coefficient (Wildman–Crippen LogP) is 2.40. The highest BCUT2D eigenvalue weighted by Crippen LogP contribution is 2.50. The number of piperidine rings is 1. The lowest BCUT2D eigenvalue weighted by Gasteiger charge is -2.27. The predicted molar refractivity (Wildman–Crippen MR) is 116 cm³/mol. The molecule has 1 aliphatic heterocycles. The molecule has 0 spiro atoms. The fourth-order valence-corrected chi connectivity index (χ4v) is 4.46. The Hall–Kier alpha value is -3.49. The molecule has 160 valence electrons. The first kappa shape index (κ1) is 19.5. The minimum Gasteiger partial charge on any atom is -0.368 e. The van der Waals surface area contributed by atoms with Crippen molar-refractivity contribution in [2.24, 2.45) is 18.9 Å². The first-order chi connectivity index (χ1) is 15.0. The zero-order chi connectivity index (χ0) is 21.5. The summed E-state index contributed by atoms with van der Waals surface area (Å²) in [6.07, 6.45) is 5.73. The second-order valence-electron chi connectivity index (χ2n) is 8.43. The van der Waals surface area contributed by atoms with E-state index in [1.54, 1.807) is 17.9 Å². The van der Waals surface area contributed by atoms with Gasteiger partial charge in [0.1, 0.15) is 12.9 Å². The molecular formula is C22H25N7O2. The lowest BCUT2D eigenvalue weighted by atomic mass is 10.1. The van der Waals surface area contributed by atoms with Crippen molar-refractivity contribution in [2.75, 3.05) is 11.4 Å². The van der Waals surface area contributed by atoms with E-state index >= 15 is 0 Å². The van der Waals surface area contributed by atoms with Gasteiger partial charge in [-0.25, -0.2) is 9.97 Å². The minimum absolute atomic E-state index is 0.187. The van der Waals surface area contributed by atoms with Gasteiger partial charge in [-0.3, -0.25) is 9.36 Å². The quantitative estimate of drug-likeness (QED) is 0.503. The van der Waals surface area contributed by atoms with E-state index in [4.69, 9.17) is 4.52 Å². The largest absolute Gasteiger partial charge is 0.368 e. The molecule has 3 atom stereocenters. The molecule has 2 aliphatic rings. The van der Waals surface area contributed by atoms with Gasteiger partial charge >= 0.3 is 0 Å². The highest BCUT2D eigenvalue weighted by atomic mass is 16.5. The summed E-state index contributed by atoms with van der Waals surface area (Å²) in [4.78, 5) is 26.6. The van der Waals surface area contributed by atoms with E-state index in [1.807, 2.05) is 0 Å². The second-order valence-corrected chi connectivity index (χ2v) is 8.43. The highest BCUT2D eigenvalue weighted by Gasteiger charge is 2.50. The van der Waals surface area contributed by atoms with Gasteiger partial charge in [0.2, 0.25) is 5.89 Å². The molecule has 9 heteroatoms. The Morgan fingerprint density at radius 2 is 2.03 bits per heavy atom. The van der Waals surface area contributed by atoms with Crippen LogP contribution in [0.4, 0.5) is 5.69 Å². The molecule has 4 heterocycles. The van der Waals surface area contributed by atoms with Crippen LogP contribution in [0, 0.1) is 18.8 Å². The number of aromatic nitrogens is 6. The second kappa shape index (κ2) is 7.64. The van der Waals surface area contributed by atoms with Crippen LogP contribution >= 0.6 is 0 Å². The van der Waals surface area contributed by atoms with Crippen molar-refractivity contribution in [3.63, 3.8) is 0 Å². The molecule has 0 radical (unpaired) electrons. The van der Waals surface area contributed by atoms with Crippen molar-refractivity contribution in [2.45, 2.75) is 32.9 Å². The molecule has 1 saturated carbocycles. The molecule has 0 bridgehead atoms. The maximum absolute atomic E-state index is 12.1. The zero-order valence-electron chi connectivity index (χ0n) is 17.8. The number of aryl methyl sites for hydroxylation is 2. The summed E-state index contributed by atoms with van der Waals surface area (Å²) in [5.74, 6) is 2.36. The van der Waals surface area contributed by atoms with E-state index in [9.17, 15) is 4.79 Å². The first-order valence-electron chi connectivity index (χ1n) is 10.5. The van der Waals surface area contributed by atoms with Crippen molar-refractivity contribution >= 4 is 16.9 Å². The van der Waals surface area contributed by atoms with Crippen LogP contribution in [0.1, 0.15) is 24.8 Å². The third-order valence-electron chi connectivity index (χ3n) is 6.27. The van der Waals surface area contributed by atoms with Crippen LogP contribution in [0.15, 0.2) is 52.6 Å². The Balaban J connectivity index is 0.000000134. The lowest BCUT2D eigenvalue weighted by molar-refractivity contribution is 0.368. The Morgan fingerprint density at radius 3 is 2.74 bits per heavy atom. The molecule has 0 N–H and O–H groups in total. The van der Waals surface area contributed by atoms with Crippen molar-refractivity contribution in [3.05, 3.63) is 65.1 Å². The van der Waals surface area contributed by atoms with Gasteiger partial charge in [-0.2, -0.15) is 4.98 Å². The number of benzene rings is 1. The number of hydrogen-bond donors (Lipinski definition) is 0. The monoisotopic (exact) mass is 419 g/mol. The van der Waals surface area contributed by atoms with E-state index in [-0.39, 0.29) is 12.1 Å². The number of anilines is 1. The maximum Gasteiger partial charge on any atom is 0.280 e. The third kappa shape index (κ3) is 3.71. The number of imidazole rings is 1. The molecule has 1 aliphatic carbocycles. The van der Waals surface area contributed by atoms with Crippen LogP contribution < -0.4 is 10.5 Å². The summed E-state index contributed by atoms with van der Waals surface area (Å²) >= 11 is 0. The Labute approximate surface area is 179 Å². The molecule has 2 fully saturated rings. The van der Waals surface area contributed by atoms with Gasteiger partial charge in [0, 0.05) is 25.3 Å². The molecular weight excluding hydrogens is 394 g/mol. The van der Waals surface area contributed by atoms with Crippen LogP contribution in [0.2, 0.25) is 0 Å². The Bertz CT molecular complexity index is 1260. The number of rotatable bonds is 3. The van der Waals surface area contributed by atoms with Crippen molar-refractivity contribution in [1.82, 2.24) is 29.2 Å². The topological polar surface area (TPSA) is 94.9 Å². The van der Waals surface area contributed by atoms with E-state index in [0.717, 1.165) is 17.9 Å². The van der Waals surface area contributed by atoms with Crippen LogP contribution in [0.5, 0.6) is 0 Å². The van der Waals surface area contributed by atoms with Gasteiger partial charge in [0.15, 0.2) is 17.5 Å². The smallest absolute Gasteiger partial charge is 0.280 e. The van der Waals surface area contributed by atoms with Crippen molar-refractivity contribution < 1.29 is 4.52 Å². The van der Waals surface area contributed by atoms with Crippen molar-refractivity contribution in [1.29, 1.82) is 0 Å². The molecule has 6 rings (SSSR count). The molecule has 31 heavy (non-hydrogen) atoms.